The van der Waals surface area contributed by atoms with Crippen molar-refractivity contribution in [1.82, 2.24) is 0 Å². The standard InChI is InChI=1S/C14H18BrFN2O2/c1-9-6-18(7-10(2)20-9)8-14(19)17-13-4-3-11(15)5-12(13)16/h3-5,9-10H,6-8H2,1-2H3,(H,17,19)/p+1/t9-,10-/m0/s1. The van der Waals surface area contributed by atoms with E-state index in [0.717, 1.165) is 18.0 Å². The van der Waals surface area contributed by atoms with Crippen LogP contribution in [0.15, 0.2) is 22.7 Å². The Bertz CT molecular complexity index is 488. The fourth-order valence-electron chi connectivity index (χ4n) is 2.55. The number of benzene rings is 1. The SMILES string of the molecule is C[C@H]1C[NH+](CC(=O)Nc2ccc(Br)cc2F)C[C@H](C)O1. The second-order valence-corrected chi connectivity index (χ2v) is 6.18. The van der Waals surface area contributed by atoms with Gasteiger partial charge in [-0.3, -0.25) is 4.79 Å². The molecule has 1 aliphatic rings. The maximum atomic E-state index is 13.6. The first-order chi connectivity index (χ1) is 9.44. The summed E-state index contributed by atoms with van der Waals surface area (Å²) in [7, 11) is 0. The molecule has 1 heterocycles. The van der Waals surface area contributed by atoms with E-state index in [1.807, 2.05) is 13.8 Å². The summed E-state index contributed by atoms with van der Waals surface area (Å²) in [6.45, 7) is 5.92. The van der Waals surface area contributed by atoms with Crippen LogP contribution in [0.5, 0.6) is 0 Å². The van der Waals surface area contributed by atoms with Gasteiger partial charge in [0.2, 0.25) is 0 Å². The van der Waals surface area contributed by atoms with Gasteiger partial charge in [0, 0.05) is 4.47 Å². The molecule has 1 fully saturated rings. The van der Waals surface area contributed by atoms with Gasteiger partial charge in [-0.05, 0) is 32.0 Å². The Hall–Kier alpha value is -0.980. The molecule has 1 saturated heterocycles. The van der Waals surface area contributed by atoms with E-state index in [9.17, 15) is 9.18 Å². The van der Waals surface area contributed by atoms with Crippen LogP contribution in [-0.4, -0.2) is 37.7 Å². The van der Waals surface area contributed by atoms with Crippen LogP contribution in [0.2, 0.25) is 0 Å². The van der Waals surface area contributed by atoms with E-state index in [-0.39, 0.29) is 23.8 Å². The van der Waals surface area contributed by atoms with Crippen molar-refractivity contribution in [3.63, 3.8) is 0 Å². The second-order valence-electron chi connectivity index (χ2n) is 5.26. The number of carbonyl (C=O) groups is 1. The predicted octanol–water partition coefficient (Wildman–Crippen LogP) is 1.22. The van der Waals surface area contributed by atoms with Gasteiger partial charge in [0.25, 0.3) is 5.91 Å². The van der Waals surface area contributed by atoms with Gasteiger partial charge >= 0.3 is 0 Å². The largest absolute Gasteiger partial charge is 0.364 e. The third-order valence-electron chi connectivity index (χ3n) is 3.23. The van der Waals surface area contributed by atoms with Crippen LogP contribution < -0.4 is 10.2 Å². The number of nitrogens with one attached hydrogen (secondary N) is 2. The molecule has 110 valence electrons. The number of quaternary nitrogens is 1. The summed E-state index contributed by atoms with van der Waals surface area (Å²) < 4.78 is 19.9. The third-order valence-corrected chi connectivity index (χ3v) is 3.73. The Morgan fingerprint density at radius 1 is 1.45 bits per heavy atom. The molecule has 0 bridgehead atoms. The van der Waals surface area contributed by atoms with E-state index < -0.39 is 5.82 Å². The first-order valence-corrected chi connectivity index (χ1v) is 7.47. The van der Waals surface area contributed by atoms with E-state index in [2.05, 4.69) is 21.2 Å². The lowest BCUT2D eigenvalue weighted by atomic mass is 10.2. The molecule has 0 saturated carbocycles. The molecule has 6 heteroatoms. The van der Waals surface area contributed by atoms with Gasteiger partial charge in [-0.25, -0.2) is 4.39 Å². The quantitative estimate of drug-likeness (QED) is 0.864. The van der Waals surface area contributed by atoms with Gasteiger partial charge < -0.3 is 15.0 Å². The molecule has 2 rings (SSSR count). The highest BCUT2D eigenvalue weighted by Gasteiger charge is 2.27. The van der Waals surface area contributed by atoms with Crippen molar-refractivity contribution in [3.8, 4) is 0 Å². The summed E-state index contributed by atoms with van der Waals surface area (Å²) in [6.07, 6.45) is 0.289. The summed E-state index contributed by atoms with van der Waals surface area (Å²) >= 11 is 3.18. The number of anilines is 1. The Morgan fingerprint density at radius 2 is 2.10 bits per heavy atom. The van der Waals surface area contributed by atoms with Crippen molar-refractivity contribution >= 4 is 27.5 Å². The van der Waals surface area contributed by atoms with Crippen LogP contribution >= 0.6 is 15.9 Å². The van der Waals surface area contributed by atoms with Crippen LogP contribution in [0.4, 0.5) is 10.1 Å². The van der Waals surface area contributed by atoms with Gasteiger partial charge in [0.15, 0.2) is 6.54 Å². The van der Waals surface area contributed by atoms with E-state index in [4.69, 9.17) is 4.74 Å². The normalized spacial score (nSPS) is 26.3. The van der Waals surface area contributed by atoms with Crippen LogP contribution in [0.25, 0.3) is 0 Å². The highest BCUT2D eigenvalue weighted by Crippen LogP contribution is 2.18. The number of hydrogen-bond acceptors (Lipinski definition) is 2. The molecule has 1 aromatic carbocycles. The lowest BCUT2D eigenvalue weighted by molar-refractivity contribution is -0.907. The number of carbonyl (C=O) groups excluding carboxylic acids is 1. The average molecular weight is 346 g/mol. The fourth-order valence-corrected chi connectivity index (χ4v) is 2.88. The van der Waals surface area contributed by atoms with Gasteiger partial charge in [0.05, 0.1) is 5.69 Å². The maximum Gasteiger partial charge on any atom is 0.279 e. The van der Waals surface area contributed by atoms with E-state index >= 15 is 0 Å². The highest BCUT2D eigenvalue weighted by molar-refractivity contribution is 9.10. The Morgan fingerprint density at radius 3 is 2.70 bits per heavy atom. The van der Waals surface area contributed by atoms with Crippen molar-refractivity contribution in [2.24, 2.45) is 0 Å². The van der Waals surface area contributed by atoms with Crippen molar-refractivity contribution < 1.29 is 18.8 Å². The molecule has 1 amide bonds. The van der Waals surface area contributed by atoms with Crippen molar-refractivity contribution in [2.75, 3.05) is 25.0 Å². The van der Waals surface area contributed by atoms with Gasteiger partial charge in [-0.15, -0.1) is 0 Å². The molecule has 1 aromatic rings. The van der Waals surface area contributed by atoms with Crippen LogP contribution in [0.1, 0.15) is 13.8 Å². The van der Waals surface area contributed by atoms with E-state index in [1.54, 1.807) is 12.1 Å². The molecule has 2 atom stereocenters. The molecular weight excluding hydrogens is 327 g/mol. The zero-order valence-electron chi connectivity index (χ0n) is 11.6. The minimum Gasteiger partial charge on any atom is -0.364 e. The molecular formula is C14H19BrFN2O2+. The lowest BCUT2D eigenvalue weighted by Gasteiger charge is -2.31. The van der Waals surface area contributed by atoms with E-state index in [1.165, 1.54) is 6.07 Å². The third kappa shape index (κ3) is 4.26. The zero-order valence-corrected chi connectivity index (χ0v) is 13.2. The molecule has 1 aliphatic heterocycles. The first-order valence-electron chi connectivity index (χ1n) is 6.68. The van der Waals surface area contributed by atoms with E-state index in [0.29, 0.717) is 11.0 Å². The molecule has 20 heavy (non-hydrogen) atoms. The summed E-state index contributed by atoms with van der Waals surface area (Å²) in [5, 5.41) is 2.62. The number of ether oxygens (including phenoxy) is 1. The van der Waals surface area contributed by atoms with Crippen LogP contribution in [-0.2, 0) is 9.53 Å². The monoisotopic (exact) mass is 345 g/mol. The summed E-state index contributed by atoms with van der Waals surface area (Å²) in [6, 6.07) is 4.59. The predicted molar refractivity (Wildman–Crippen MR) is 78.3 cm³/mol. The topological polar surface area (TPSA) is 42.8 Å². The Balaban J connectivity index is 1.92. The molecule has 0 radical (unpaired) electrons. The Kier molecular flexibility index (Phi) is 5.12. The Labute approximate surface area is 126 Å². The number of halogens is 2. The molecule has 0 spiro atoms. The fraction of sp³-hybridized carbons (Fsp3) is 0.500. The summed E-state index contributed by atoms with van der Waals surface area (Å²) in [5.74, 6) is -0.617. The van der Waals surface area contributed by atoms with Gasteiger partial charge in [0.1, 0.15) is 31.1 Å². The number of rotatable bonds is 3. The number of morpholine rings is 1. The molecule has 0 aliphatic carbocycles. The lowest BCUT2D eigenvalue weighted by Crippen LogP contribution is -3.16. The summed E-state index contributed by atoms with van der Waals surface area (Å²) in [5.41, 5.74) is 0.215. The number of hydrogen-bond donors (Lipinski definition) is 2. The van der Waals surface area contributed by atoms with Crippen molar-refractivity contribution in [2.45, 2.75) is 26.1 Å². The van der Waals surface area contributed by atoms with Crippen LogP contribution in [0, 0.1) is 5.82 Å². The highest BCUT2D eigenvalue weighted by atomic mass is 79.9. The zero-order chi connectivity index (χ0) is 14.7. The maximum absolute atomic E-state index is 13.6. The van der Waals surface area contributed by atoms with Gasteiger partial charge in [-0.2, -0.15) is 0 Å². The van der Waals surface area contributed by atoms with Crippen LogP contribution in [0.3, 0.4) is 0 Å². The van der Waals surface area contributed by atoms with Crippen molar-refractivity contribution in [3.05, 3.63) is 28.5 Å². The average Bonchev–Trinajstić information content (AvgIpc) is 2.31. The summed E-state index contributed by atoms with van der Waals surface area (Å²) in [4.78, 5) is 13.1. The van der Waals surface area contributed by atoms with Crippen molar-refractivity contribution in [1.29, 1.82) is 0 Å². The minimum atomic E-state index is -0.438. The molecule has 2 N–H and O–H groups in total. The number of amides is 1. The molecule has 0 aromatic heterocycles. The van der Waals surface area contributed by atoms with Gasteiger partial charge in [-0.1, -0.05) is 15.9 Å². The minimum absolute atomic E-state index is 0.144. The molecule has 4 nitrogen and oxygen atoms in total. The molecule has 0 unspecified atom stereocenters. The smallest absolute Gasteiger partial charge is 0.279 e. The second kappa shape index (κ2) is 6.65. The first kappa shape index (κ1) is 15.4.